The Bertz CT molecular complexity index is 488. The highest BCUT2D eigenvalue weighted by atomic mass is 16.3. The second-order valence-electron chi connectivity index (χ2n) is 4.68. The molecule has 0 aliphatic carbocycles. The van der Waals surface area contributed by atoms with Gasteiger partial charge in [0.15, 0.2) is 5.76 Å². The number of amides is 2. The molecule has 0 fully saturated rings. The molecule has 0 saturated carbocycles. The molecule has 6 heteroatoms. The summed E-state index contributed by atoms with van der Waals surface area (Å²) in [5.41, 5.74) is 0. The summed E-state index contributed by atoms with van der Waals surface area (Å²) in [6.07, 6.45) is 1.40. The van der Waals surface area contributed by atoms with Crippen LogP contribution < -0.4 is 5.32 Å². The third-order valence-electron chi connectivity index (χ3n) is 2.92. The summed E-state index contributed by atoms with van der Waals surface area (Å²) in [5.74, 6) is -0.625. The molecule has 0 spiro atoms. The molecule has 0 unspecified atom stereocenters. The first-order valence-electron chi connectivity index (χ1n) is 6.51. The Morgan fingerprint density at radius 3 is 2.65 bits per heavy atom. The Kier molecular flexibility index (Phi) is 5.78. The van der Waals surface area contributed by atoms with E-state index in [0.717, 1.165) is 0 Å². The highest BCUT2D eigenvalue weighted by Crippen LogP contribution is 2.08. The van der Waals surface area contributed by atoms with Crippen LogP contribution in [0.5, 0.6) is 0 Å². The zero-order valence-corrected chi connectivity index (χ0v) is 11.9. The third-order valence-corrected chi connectivity index (χ3v) is 2.92. The molecule has 1 aromatic heterocycles. The third kappa shape index (κ3) is 3.85. The van der Waals surface area contributed by atoms with Gasteiger partial charge in [0.25, 0.3) is 5.91 Å². The number of furan rings is 1. The van der Waals surface area contributed by atoms with Gasteiger partial charge >= 0.3 is 0 Å². The quantitative estimate of drug-likeness (QED) is 0.796. The van der Waals surface area contributed by atoms with E-state index in [1.807, 2.05) is 19.9 Å². The van der Waals surface area contributed by atoms with Crippen molar-refractivity contribution in [3.05, 3.63) is 24.2 Å². The van der Waals surface area contributed by atoms with Crippen LogP contribution in [0.3, 0.4) is 0 Å². The Balaban J connectivity index is 2.81. The largest absolute Gasteiger partial charge is 0.459 e. The Labute approximate surface area is 118 Å². The van der Waals surface area contributed by atoms with E-state index >= 15 is 0 Å². The fourth-order valence-electron chi connectivity index (χ4n) is 1.76. The highest BCUT2D eigenvalue weighted by molar-refractivity contribution is 5.95. The lowest BCUT2D eigenvalue weighted by Gasteiger charge is -2.27. The van der Waals surface area contributed by atoms with E-state index in [2.05, 4.69) is 5.32 Å². The molecule has 20 heavy (non-hydrogen) atoms. The lowest BCUT2D eigenvalue weighted by atomic mass is 10.0. The minimum absolute atomic E-state index is 0.00910. The van der Waals surface area contributed by atoms with E-state index in [-0.39, 0.29) is 24.1 Å². The van der Waals surface area contributed by atoms with Gasteiger partial charge in [-0.05, 0) is 25.0 Å². The van der Waals surface area contributed by atoms with Gasteiger partial charge in [-0.15, -0.1) is 0 Å². The van der Waals surface area contributed by atoms with Crippen LogP contribution in [0, 0.1) is 17.2 Å². The van der Waals surface area contributed by atoms with Crippen molar-refractivity contribution in [3.63, 3.8) is 0 Å². The number of hydrogen-bond donors (Lipinski definition) is 1. The van der Waals surface area contributed by atoms with Gasteiger partial charge in [-0.2, -0.15) is 5.26 Å². The molecule has 2 amide bonds. The normalized spacial score (nSPS) is 11.8. The monoisotopic (exact) mass is 277 g/mol. The molecular weight excluding hydrogens is 258 g/mol. The first-order chi connectivity index (χ1) is 9.51. The van der Waals surface area contributed by atoms with Crippen molar-refractivity contribution in [1.82, 2.24) is 10.2 Å². The van der Waals surface area contributed by atoms with E-state index in [0.29, 0.717) is 6.54 Å². The van der Waals surface area contributed by atoms with Gasteiger partial charge < -0.3 is 14.6 Å². The van der Waals surface area contributed by atoms with Crippen molar-refractivity contribution < 1.29 is 14.0 Å². The van der Waals surface area contributed by atoms with Gasteiger partial charge in [0, 0.05) is 6.54 Å². The molecule has 108 valence electrons. The fraction of sp³-hybridized carbons (Fsp3) is 0.500. The van der Waals surface area contributed by atoms with E-state index in [4.69, 9.17) is 9.68 Å². The van der Waals surface area contributed by atoms with Gasteiger partial charge in [0.05, 0.1) is 12.3 Å². The average molecular weight is 277 g/mol. The van der Waals surface area contributed by atoms with Crippen molar-refractivity contribution in [2.75, 3.05) is 13.1 Å². The summed E-state index contributed by atoms with van der Waals surface area (Å²) in [6, 6.07) is 4.41. The molecule has 0 bridgehead atoms. The number of hydrogen-bond acceptors (Lipinski definition) is 4. The fourth-order valence-corrected chi connectivity index (χ4v) is 1.76. The second kappa shape index (κ2) is 7.34. The van der Waals surface area contributed by atoms with Gasteiger partial charge in [-0.3, -0.25) is 9.59 Å². The van der Waals surface area contributed by atoms with Crippen LogP contribution in [0.4, 0.5) is 0 Å². The van der Waals surface area contributed by atoms with Gasteiger partial charge in [0.1, 0.15) is 12.6 Å². The van der Waals surface area contributed by atoms with E-state index in [1.165, 1.54) is 17.2 Å². The van der Waals surface area contributed by atoms with Gasteiger partial charge in [-0.25, -0.2) is 0 Å². The van der Waals surface area contributed by atoms with Crippen LogP contribution in [0.15, 0.2) is 22.8 Å². The maximum Gasteiger partial charge on any atom is 0.287 e. The highest BCUT2D eigenvalue weighted by Gasteiger charge is 2.28. The number of rotatable bonds is 6. The van der Waals surface area contributed by atoms with Crippen LogP contribution >= 0.6 is 0 Å². The van der Waals surface area contributed by atoms with Crippen LogP contribution in [0.25, 0.3) is 0 Å². The number of nitriles is 1. The molecule has 0 aliphatic heterocycles. The summed E-state index contributed by atoms with van der Waals surface area (Å²) >= 11 is 0. The predicted molar refractivity (Wildman–Crippen MR) is 72.7 cm³/mol. The molecule has 1 rings (SSSR count). The molecule has 0 radical (unpaired) electrons. The van der Waals surface area contributed by atoms with Crippen LogP contribution in [-0.4, -0.2) is 35.8 Å². The molecule has 0 saturated heterocycles. The Morgan fingerprint density at radius 1 is 1.50 bits per heavy atom. The number of carbonyl (C=O) groups is 2. The Hall–Kier alpha value is -2.29. The number of nitrogens with zero attached hydrogens (tertiary/aromatic N) is 2. The van der Waals surface area contributed by atoms with Crippen molar-refractivity contribution in [1.29, 1.82) is 5.26 Å². The predicted octanol–water partition coefficient (Wildman–Crippen LogP) is 1.41. The summed E-state index contributed by atoms with van der Waals surface area (Å²) in [7, 11) is 0. The molecule has 1 N–H and O–H groups in total. The topological polar surface area (TPSA) is 86.3 Å². The molecule has 6 nitrogen and oxygen atoms in total. The molecule has 1 aromatic rings. The minimum atomic E-state index is -0.680. The van der Waals surface area contributed by atoms with Crippen LogP contribution in [0.2, 0.25) is 0 Å². The van der Waals surface area contributed by atoms with E-state index in [1.54, 1.807) is 13.0 Å². The molecule has 1 atom stereocenters. The zero-order chi connectivity index (χ0) is 15.1. The Morgan fingerprint density at radius 2 is 2.20 bits per heavy atom. The SMILES string of the molecule is CCN(CC#N)C(=O)[C@H](NC(=O)c1ccco1)C(C)C. The van der Waals surface area contributed by atoms with Gasteiger partial charge in [-0.1, -0.05) is 13.8 Å². The van der Waals surface area contributed by atoms with Crippen LogP contribution in [-0.2, 0) is 4.79 Å². The van der Waals surface area contributed by atoms with E-state index in [9.17, 15) is 9.59 Å². The summed E-state index contributed by atoms with van der Waals surface area (Å²) in [5, 5.41) is 11.4. The van der Waals surface area contributed by atoms with Crippen molar-refractivity contribution in [2.24, 2.45) is 5.92 Å². The van der Waals surface area contributed by atoms with Crippen molar-refractivity contribution >= 4 is 11.8 Å². The first-order valence-corrected chi connectivity index (χ1v) is 6.51. The number of carbonyl (C=O) groups excluding carboxylic acids is 2. The maximum absolute atomic E-state index is 12.3. The maximum atomic E-state index is 12.3. The van der Waals surface area contributed by atoms with Gasteiger partial charge in [0.2, 0.25) is 5.91 Å². The number of likely N-dealkylation sites (N-methyl/N-ethyl adjacent to an activating group) is 1. The lowest BCUT2D eigenvalue weighted by molar-refractivity contribution is -0.133. The van der Waals surface area contributed by atoms with Crippen molar-refractivity contribution in [3.8, 4) is 6.07 Å². The van der Waals surface area contributed by atoms with Crippen LogP contribution in [0.1, 0.15) is 31.3 Å². The summed E-state index contributed by atoms with van der Waals surface area (Å²) < 4.78 is 5.00. The minimum Gasteiger partial charge on any atom is -0.459 e. The standard InChI is InChI=1S/C14H19N3O3/c1-4-17(8-7-15)14(19)12(10(2)3)16-13(18)11-6-5-9-20-11/h5-6,9-10,12H,4,8H2,1-3H3,(H,16,18)/t12-/m1/s1. The smallest absolute Gasteiger partial charge is 0.287 e. The summed E-state index contributed by atoms with van der Waals surface area (Å²) in [6.45, 7) is 5.90. The zero-order valence-electron chi connectivity index (χ0n) is 11.9. The number of nitrogens with one attached hydrogen (secondary N) is 1. The molecule has 0 aliphatic rings. The summed E-state index contributed by atoms with van der Waals surface area (Å²) in [4.78, 5) is 25.7. The molecular formula is C14H19N3O3. The molecule has 1 heterocycles. The lowest BCUT2D eigenvalue weighted by Crippen LogP contribution is -2.51. The van der Waals surface area contributed by atoms with E-state index < -0.39 is 11.9 Å². The average Bonchev–Trinajstić information content (AvgIpc) is 2.94. The first kappa shape index (κ1) is 15.8. The van der Waals surface area contributed by atoms with Crippen molar-refractivity contribution in [2.45, 2.75) is 26.8 Å². The second-order valence-corrected chi connectivity index (χ2v) is 4.68. The molecule has 0 aromatic carbocycles.